The molecule has 0 bridgehead atoms. The van der Waals surface area contributed by atoms with E-state index in [1.54, 1.807) is 19.1 Å². The van der Waals surface area contributed by atoms with Crippen LogP contribution in [0, 0.1) is 0 Å². The van der Waals surface area contributed by atoms with E-state index in [1.165, 1.54) is 26.0 Å². The van der Waals surface area contributed by atoms with Crippen LogP contribution in [0.25, 0.3) is 21.9 Å². The highest BCUT2D eigenvalue weighted by molar-refractivity contribution is 9.10. The normalized spacial score (nSPS) is 13.7. The third kappa shape index (κ3) is 4.96. The number of nitrogens with one attached hydrogen (secondary N) is 1. The number of carbonyl (C=O) groups excluding carboxylic acids is 1. The molecular weight excluding hydrogens is 465 g/mol. The van der Waals surface area contributed by atoms with E-state index in [2.05, 4.69) is 20.7 Å². The lowest BCUT2D eigenvalue weighted by atomic mass is 10.0. The van der Waals surface area contributed by atoms with Gasteiger partial charge in [-0.25, -0.2) is 12.8 Å². The van der Waals surface area contributed by atoms with E-state index in [9.17, 15) is 17.6 Å². The summed E-state index contributed by atoms with van der Waals surface area (Å²) in [6.45, 7) is 4.21. The lowest BCUT2D eigenvalue weighted by molar-refractivity contribution is -0.146. The first kappa shape index (κ1) is 21.7. The van der Waals surface area contributed by atoms with Gasteiger partial charge < -0.3 is 9.15 Å². The second-order valence-electron chi connectivity index (χ2n) is 7.25. The van der Waals surface area contributed by atoms with Gasteiger partial charge in [-0.05, 0) is 57.2 Å². The molecule has 156 valence electrons. The maximum absolute atomic E-state index is 14.1. The first-order chi connectivity index (χ1) is 13.5. The summed E-state index contributed by atoms with van der Waals surface area (Å²) in [5.74, 6) is -0.818. The number of rotatable bonds is 7. The minimum absolute atomic E-state index is 0.0541. The van der Waals surface area contributed by atoms with Crippen LogP contribution in [0.4, 0.5) is 4.39 Å². The summed E-state index contributed by atoms with van der Waals surface area (Å²) in [6, 6.07) is 8.51. The SMILES string of the molecule is CCOC(=O)[C@H](CC(C)(C)F)NS(=O)(=O)c1ccc2oc3cc(Br)ccc3c2c1. The molecule has 0 unspecified atom stereocenters. The minimum Gasteiger partial charge on any atom is -0.465 e. The van der Waals surface area contributed by atoms with Crippen LogP contribution in [0.1, 0.15) is 27.2 Å². The summed E-state index contributed by atoms with van der Waals surface area (Å²) in [6.07, 6.45) is -0.351. The molecule has 0 fully saturated rings. The van der Waals surface area contributed by atoms with Crippen LogP contribution in [0.15, 0.2) is 50.2 Å². The molecule has 3 aromatic rings. The van der Waals surface area contributed by atoms with Gasteiger partial charge >= 0.3 is 5.97 Å². The molecule has 0 aliphatic carbocycles. The van der Waals surface area contributed by atoms with Crippen LogP contribution in [-0.4, -0.2) is 32.7 Å². The number of fused-ring (bicyclic) bond motifs is 3. The van der Waals surface area contributed by atoms with Crippen LogP contribution in [0.5, 0.6) is 0 Å². The van der Waals surface area contributed by atoms with Crippen molar-refractivity contribution in [2.45, 2.75) is 43.8 Å². The highest BCUT2D eigenvalue weighted by atomic mass is 79.9. The lowest BCUT2D eigenvalue weighted by Gasteiger charge is -2.22. The summed E-state index contributed by atoms with van der Waals surface area (Å²) in [7, 11) is -4.11. The van der Waals surface area contributed by atoms with Crippen molar-refractivity contribution in [3.05, 3.63) is 40.9 Å². The maximum atomic E-state index is 14.1. The average molecular weight is 486 g/mol. The molecule has 6 nitrogen and oxygen atoms in total. The van der Waals surface area contributed by atoms with E-state index >= 15 is 0 Å². The summed E-state index contributed by atoms with van der Waals surface area (Å²) in [4.78, 5) is 12.1. The van der Waals surface area contributed by atoms with Gasteiger partial charge in [-0.15, -0.1) is 0 Å². The summed E-state index contributed by atoms with van der Waals surface area (Å²) in [5.41, 5.74) is -0.623. The van der Waals surface area contributed by atoms with Gasteiger partial charge in [0.15, 0.2) is 0 Å². The quantitative estimate of drug-likeness (QED) is 0.490. The van der Waals surface area contributed by atoms with Crippen LogP contribution >= 0.6 is 15.9 Å². The highest BCUT2D eigenvalue weighted by Crippen LogP contribution is 2.32. The molecule has 3 rings (SSSR count). The molecule has 0 saturated heterocycles. The number of carbonyl (C=O) groups is 1. The number of hydrogen-bond acceptors (Lipinski definition) is 5. The number of furan rings is 1. The van der Waals surface area contributed by atoms with Crippen molar-refractivity contribution in [3.63, 3.8) is 0 Å². The Labute approximate surface area is 176 Å². The van der Waals surface area contributed by atoms with Crippen molar-refractivity contribution in [2.75, 3.05) is 6.61 Å². The molecule has 29 heavy (non-hydrogen) atoms. The van der Waals surface area contributed by atoms with Crippen molar-refractivity contribution in [1.82, 2.24) is 4.72 Å². The molecular formula is C20H21BrFNO5S. The number of benzene rings is 2. The van der Waals surface area contributed by atoms with Gasteiger partial charge in [0, 0.05) is 21.7 Å². The van der Waals surface area contributed by atoms with E-state index in [4.69, 9.17) is 9.15 Å². The number of ether oxygens (including phenoxy) is 1. The van der Waals surface area contributed by atoms with E-state index in [1.807, 2.05) is 12.1 Å². The molecule has 1 heterocycles. The van der Waals surface area contributed by atoms with Crippen LogP contribution < -0.4 is 4.72 Å². The van der Waals surface area contributed by atoms with Crippen molar-refractivity contribution in [1.29, 1.82) is 0 Å². The Kier molecular flexibility index (Phi) is 6.03. The monoisotopic (exact) mass is 485 g/mol. The number of hydrogen-bond donors (Lipinski definition) is 1. The Balaban J connectivity index is 1.99. The lowest BCUT2D eigenvalue weighted by Crippen LogP contribution is -2.44. The van der Waals surface area contributed by atoms with Gasteiger partial charge in [0.25, 0.3) is 0 Å². The fourth-order valence-electron chi connectivity index (χ4n) is 3.05. The summed E-state index contributed by atoms with van der Waals surface area (Å²) >= 11 is 3.37. The predicted octanol–water partition coefficient (Wildman–Crippen LogP) is 4.70. The largest absolute Gasteiger partial charge is 0.465 e. The maximum Gasteiger partial charge on any atom is 0.324 e. The van der Waals surface area contributed by atoms with Gasteiger partial charge in [-0.3, -0.25) is 4.79 Å². The van der Waals surface area contributed by atoms with Gasteiger partial charge in [0.1, 0.15) is 22.9 Å². The third-order valence-electron chi connectivity index (χ3n) is 4.27. The Morgan fingerprint density at radius 1 is 1.21 bits per heavy atom. The highest BCUT2D eigenvalue weighted by Gasteiger charge is 2.33. The first-order valence-electron chi connectivity index (χ1n) is 9.00. The van der Waals surface area contributed by atoms with E-state index < -0.39 is 27.7 Å². The number of halogens is 2. The molecule has 0 spiro atoms. The first-order valence-corrected chi connectivity index (χ1v) is 11.3. The van der Waals surface area contributed by atoms with Crippen molar-refractivity contribution in [2.24, 2.45) is 0 Å². The Bertz CT molecular complexity index is 1170. The predicted molar refractivity (Wildman–Crippen MR) is 112 cm³/mol. The standard InChI is InChI=1S/C20H21BrFNO5S/c1-4-27-19(24)16(11-20(2,3)22)23-29(25,26)13-6-8-17-15(10-13)14-7-5-12(21)9-18(14)28-17/h5-10,16,23H,4,11H2,1-3H3/t16-/m0/s1. The van der Waals surface area contributed by atoms with E-state index in [0.29, 0.717) is 16.6 Å². The van der Waals surface area contributed by atoms with E-state index in [-0.39, 0.29) is 17.9 Å². The third-order valence-corrected chi connectivity index (χ3v) is 6.24. The molecule has 1 N–H and O–H groups in total. The van der Waals surface area contributed by atoms with Gasteiger partial charge in [0.05, 0.1) is 11.5 Å². The Morgan fingerprint density at radius 2 is 1.93 bits per heavy atom. The molecule has 0 saturated carbocycles. The zero-order valence-corrected chi connectivity index (χ0v) is 18.6. The number of esters is 1. The van der Waals surface area contributed by atoms with Crippen molar-refractivity contribution in [3.8, 4) is 0 Å². The minimum atomic E-state index is -4.11. The number of alkyl halides is 1. The zero-order valence-electron chi connectivity index (χ0n) is 16.2. The fraction of sp³-hybridized carbons (Fsp3) is 0.350. The molecule has 0 radical (unpaired) electrons. The Morgan fingerprint density at radius 3 is 2.59 bits per heavy atom. The van der Waals surface area contributed by atoms with Gasteiger partial charge in [-0.2, -0.15) is 4.72 Å². The summed E-state index contributed by atoms with van der Waals surface area (Å²) in [5, 5.41) is 1.38. The topological polar surface area (TPSA) is 85.6 Å². The molecule has 1 atom stereocenters. The zero-order chi connectivity index (χ0) is 21.4. The second kappa shape index (κ2) is 8.04. The van der Waals surface area contributed by atoms with Gasteiger partial charge in [-0.1, -0.05) is 15.9 Å². The van der Waals surface area contributed by atoms with Crippen molar-refractivity contribution < 1.29 is 26.8 Å². The molecule has 2 aromatic carbocycles. The summed E-state index contributed by atoms with van der Waals surface area (Å²) < 4.78 is 53.7. The van der Waals surface area contributed by atoms with E-state index in [0.717, 1.165) is 9.86 Å². The molecule has 1 aromatic heterocycles. The van der Waals surface area contributed by atoms with Crippen molar-refractivity contribution >= 4 is 53.9 Å². The van der Waals surface area contributed by atoms with Crippen LogP contribution in [-0.2, 0) is 19.6 Å². The van der Waals surface area contributed by atoms with Crippen LogP contribution in [0.3, 0.4) is 0 Å². The second-order valence-corrected chi connectivity index (χ2v) is 9.88. The smallest absolute Gasteiger partial charge is 0.324 e. The molecule has 0 aliphatic heterocycles. The molecule has 9 heteroatoms. The van der Waals surface area contributed by atoms with Gasteiger partial charge in [0.2, 0.25) is 10.0 Å². The van der Waals surface area contributed by atoms with Crippen LogP contribution in [0.2, 0.25) is 0 Å². The molecule has 0 amide bonds. The Hall–Kier alpha value is -1.97. The average Bonchev–Trinajstić information content (AvgIpc) is 2.96. The number of sulfonamides is 1. The fourth-order valence-corrected chi connectivity index (χ4v) is 4.60. The molecule has 0 aliphatic rings.